The Bertz CT molecular complexity index is 1790. The van der Waals surface area contributed by atoms with E-state index in [1.54, 1.807) is 24.8 Å². The maximum atomic E-state index is 12.5. The Balaban J connectivity index is 1.36. The van der Waals surface area contributed by atoms with Gasteiger partial charge in [-0.05, 0) is 41.8 Å². The molecule has 0 saturated heterocycles. The Morgan fingerprint density at radius 1 is 1.05 bits per heavy atom. The molecule has 1 aliphatic rings. The number of aromatic nitrogens is 6. The number of rotatable bonds is 5. The number of hydrogen-bond acceptors (Lipinski definition) is 6. The van der Waals surface area contributed by atoms with Crippen molar-refractivity contribution in [2.24, 2.45) is 11.1 Å². The van der Waals surface area contributed by atoms with Crippen molar-refractivity contribution < 1.29 is 4.79 Å². The van der Waals surface area contributed by atoms with Gasteiger partial charge >= 0.3 is 0 Å². The summed E-state index contributed by atoms with van der Waals surface area (Å²) in [6.07, 6.45) is 11.9. The second-order valence-corrected chi connectivity index (χ2v) is 11.2. The summed E-state index contributed by atoms with van der Waals surface area (Å²) in [6.45, 7) is 6.10. The maximum Gasteiger partial charge on any atom is 0.224 e. The van der Waals surface area contributed by atoms with Crippen LogP contribution in [0.4, 0.5) is 5.69 Å². The Kier molecular flexibility index (Phi) is 6.26. The van der Waals surface area contributed by atoms with Crippen molar-refractivity contribution >= 4 is 28.1 Å². The highest BCUT2D eigenvalue weighted by Crippen LogP contribution is 2.35. The van der Waals surface area contributed by atoms with Gasteiger partial charge < -0.3 is 16.0 Å². The number of nitrogens with zero attached hydrogens (tertiary/aromatic N) is 4. The number of carbonyl (C=O) groups excluding carboxylic acids is 1. The first-order valence-electron chi connectivity index (χ1n) is 13.1. The van der Waals surface area contributed by atoms with Crippen LogP contribution >= 0.6 is 0 Å². The summed E-state index contributed by atoms with van der Waals surface area (Å²) >= 11 is 0. The molecule has 0 bridgehead atoms. The second-order valence-electron chi connectivity index (χ2n) is 11.2. The summed E-state index contributed by atoms with van der Waals surface area (Å²) in [5, 5.41) is 11.6. The fraction of sp³-hybridized carbons (Fsp3) is 0.194. The fourth-order valence-electron chi connectivity index (χ4n) is 4.91. The van der Waals surface area contributed by atoms with E-state index in [1.165, 1.54) is 0 Å². The molecule has 0 spiro atoms. The van der Waals surface area contributed by atoms with Crippen LogP contribution in [0.2, 0.25) is 0 Å². The lowest BCUT2D eigenvalue weighted by Crippen LogP contribution is -2.19. The van der Waals surface area contributed by atoms with Crippen LogP contribution in [0.1, 0.15) is 44.1 Å². The van der Waals surface area contributed by atoms with Gasteiger partial charge in [0.25, 0.3) is 0 Å². The first kappa shape index (κ1) is 25.2. The van der Waals surface area contributed by atoms with Crippen molar-refractivity contribution in [1.82, 2.24) is 30.1 Å². The van der Waals surface area contributed by atoms with Crippen molar-refractivity contribution in [2.45, 2.75) is 33.6 Å². The molecule has 0 radical (unpaired) electrons. The lowest BCUT2D eigenvalue weighted by Gasteiger charge is -2.17. The number of fused-ring (bicyclic) bond motifs is 2. The molecule has 40 heavy (non-hydrogen) atoms. The molecule has 5 aromatic heterocycles. The number of H-pyrrole nitrogens is 2. The quantitative estimate of drug-likeness (QED) is 0.233. The van der Waals surface area contributed by atoms with Crippen LogP contribution in [0.5, 0.6) is 0 Å². The highest BCUT2D eigenvalue weighted by molar-refractivity contribution is 5.96. The van der Waals surface area contributed by atoms with Crippen molar-refractivity contribution in [3.63, 3.8) is 0 Å². The van der Waals surface area contributed by atoms with Gasteiger partial charge in [-0.1, -0.05) is 32.9 Å². The van der Waals surface area contributed by atoms with E-state index < -0.39 is 0 Å². The number of hydrogen-bond donors (Lipinski definition) is 4. The minimum Gasteiger partial charge on any atom is -0.402 e. The van der Waals surface area contributed by atoms with Crippen LogP contribution in [0.25, 0.3) is 39.1 Å². The van der Waals surface area contributed by atoms with E-state index in [1.807, 2.05) is 63.3 Å². The van der Waals surface area contributed by atoms with E-state index in [4.69, 9.17) is 5.73 Å². The molecule has 5 heterocycles. The van der Waals surface area contributed by atoms with Crippen LogP contribution in [0, 0.1) is 5.41 Å². The predicted octanol–water partition coefficient (Wildman–Crippen LogP) is 5.62. The summed E-state index contributed by atoms with van der Waals surface area (Å²) in [4.78, 5) is 29.6. The van der Waals surface area contributed by atoms with E-state index in [0.29, 0.717) is 18.5 Å². The molecule has 0 aromatic carbocycles. The van der Waals surface area contributed by atoms with E-state index >= 15 is 0 Å². The van der Waals surface area contributed by atoms with Gasteiger partial charge in [0, 0.05) is 58.7 Å². The molecule has 0 unspecified atom stereocenters. The van der Waals surface area contributed by atoms with Crippen LogP contribution in [0.3, 0.4) is 0 Å². The third-order valence-electron chi connectivity index (χ3n) is 6.69. The number of carbonyl (C=O) groups is 1. The SMILES string of the molecule is CC(C)(C)CC(=O)Nc1cncc(-c2cc3c(-c4cc5c([nH]4)CC(N)=CC=C5c4ccccn4)n[nH]c3cn2)c1. The molecule has 0 atom stereocenters. The van der Waals surface area contributed by atoms with Crippen LogP contribution < -0.4 is 11.1 Å². The summed E-state index contributed by atoms with van der Waals surface area (Å²) < 4.78 is 0. The number of nitrogens with two attached hydrogens (primary N) is 1. The average molecular weight is 531 g/mol. The highest BCUT2D eigenvalue weighted by atomic mass is 16.1. The number of allylic oxidation sites excluding steroid dienone is 3. The Labute approximate surface area is 231 Å². The van der Waals surface area contributed by atoms with Gasteiger partial charge in [-0.25, -0.2) is 0 Å². The van der Waals surface area contributed by atoms with Gasteiger partial charge in [-0.15, -0.1) is 0 Å². The molecule has 0 fully saturated rings. The molecular formula is C31H30N8O. The molecule has 200 valence electrons. The molecule has 9 heteroatoms. The smallest absolute Gasteiger partial charge is 0.224 e. The van der Waals surface area contributed by atoms with Gasteiger partial charge in [0.1, 0.15) is 5.69 Å². The monoisotopic (exact) mass is 530 g/mol. The van der Waals surface area contributed by atoms with Gasteiger partial charge in [0.15, 0.2) is 0 Å². The Hall–Kier alpha value is -5.05. The van der Waals surface area contributed by atoms with Gasteiger partial charge in [0.2, 0.25) is 5.91 Å². The van der Waals surface area contributed by atoms with Crippen LogP contribution in [-0.4, -0.2) is 36.0 Å². The van der Waals surface area contributed by atoms with Crippen molar-refractivity contribution in [1.29, 1.82) is 0 Å². The lowest BCUT2D eigenvalue weighted by atomic mass is 9.92. The summed E-state index contributed by atoms with van der Waals surface area (Å²) in [5.74, 6) is -0.0481. The summed E-state index contributed by atoms with van der Waals surface area (Å²) in [5.41, 5.74) is 15.5. The zero-order valence-electron chi connectivity index (χ0n) is 22.6. The van der Waals surface area contributed by atoms with Gasteiger partial charge in [-0.2, -0.15) is 5.10 Å². The van der Waals surface area contributed by atoms with Crippen molar-refractivity contribution in [2.75, 3.05) is 5.32 Å². The van der Waals surface area contributed by atoms with Crippen LogP contribution in [0.15, 0.2) is 79.0 Å². The van der Waals surface area contributed by atoms with Crippen LogP contribution in [-0.2, 0) is 11.2 Å². The molecule has 5 aromatic rings. The Morgan fingerprint density at radius 3 is 2.73 bits per heavy atom. The molecular weight excluding hydrogens is 500 g/mol. The third-order valence-corrected chi connectivity index (χ3v) is 6.69. The van der Waals surface area contributed by atoms with Gasteiger partial charge in [-0.3, -0.25) is 24.8 Å². The Morgan fingerprint density at radius 2 is 1.93 bits per heavy atom. The average Bonchev–Trinajstić information content (AvgIpc) is 3.48. The first-order valence-corrected chi connectivity index (χ1v) is 13.1. The van der Waals surface area contributed by atoms with Crippen molar-refractivity contribution in [3.05, 3.63) is 96.0 Å². The van der Waals surface area contributed by atoms with E-state index in [2.05, 4.69) is 41.5 Å². The summed E-state index contributed by atoms with van der Waals surface area (Å²) in [6, 6.07) is 11.8. The zero-order chi connectivity index (χ0) is 27.9. The summed E-state index contributed by atoms with van der Waals surface area (Å²) in [7, 11) is 0. The largest absolute Gasteiger partial charge is 0.402 e. The standard InChI is InChI=1S/C31H30N8O/c1-31(2,3)14-29(40)36-20-10-18(15-33-16-20)25-13-23-28(17-35-25)38-39-30(23)27-12-22-21(24-6-4-5-9-34-24)8-7-19(32)11-26(22)37-27/h4-10,12-13,15-17,37H,11,14,32H2,1-3H3,(H,36,40)(H,38,39). The minimum absolute atomic E-state index is 0.0481. The number of amides is 1. The minimum atomic E-state index is -0.105. The molecule has 9 nitrogen and oxygen atoms in total. The predicted molar refractivity (Wildman–Crippen MR) is 157 cm³/mol. The number of nitrogens with one attached hydrogen (secondary N) is 3. The molecule has 1 amide bonds. The van der Waals surface area contributed by atoms with E-state index in [0.717, 1.165) is 61.8 Å². The van der Waals surface area contributed by atoms with E-state index in [-0.39, 0.29) is 11.3 Å². The zero-order valence-corrected chi connectivity index (χ0v) is 22.6. The maximum absolute atomic E-state index is 12.5. The van der Waals surface area contributed by atoms with Crippen molar-refractivity contribution in [3.8, 4) is 22.6 Å². The fourth-order valence-corrected chi connectivity index (χ4v) is 4.91. The number of pyridine rings is 3. The highest BCUT2D eigenvalue weighted by Gasteiger charge is 2.21. The first-order chi connectivity index (χ1) is 19.2. The number of aromatic amines is 2. The normalized spacial score (nSPS) is 13.4. The van der Waals surface area contributed by atoms with E-state index in [9.17, 15) is 4.79 Å². The topological polar surface area (TPSA) is 138 Å². The molecule has 5 N–H and O–H groups in total. The van der Waals surface area contributed by atoms with Gasteiger partial charge in [0.05, 0.1) is 40.7 Å². The molecule has 0 aliphatic heterocycles. The molecule has 1 aliphatic carbocycles. The number of anilines is 1. The molecule has 0 saturated carbocycles. The third kappa shape index (κ3) is 5.13. The lowest BCUT2D eigenvalue weighted by molar-refractivity contribution is -0.117. The second kappa shape index (κ2) is 9.92. The molecule has 6 rings (SSSR count).